The lowest BCUT2D eigenvalue weighted by Crippen LogP contribution is -2.15. The number of rotatable bonds is 2. The minimum atomic E-state index is 0.00214. The van der Waals surface area contributed by atoms with Crippen LogP contribution >= 0.6 is 0 Å². The maximum absolute atomic E-state index is 10.0. The number of aryl methyl sites for hydroxylation is 4. The third kappa shape index (κ3) is 2.68. The second-order valence-corrected chi connectivity index (χ2v) is 7.84. The van der Waals surface area contributed by atoms with Gasteiger partial charge in [-0.25, -0.2) is 0 Å². The molecule has 2 aliphatic heterocycles. The summed E-state index contributed by atoms with van der Waals surface area (Å²) in [5.74, 6) is 1.33. The van der Waals surface area contributed by atoms with Crippen molar-refractivity contribution < 1.29 is 19.7 Å². The Labute approximate surface area is 154 Å². The van der Waals surface area contributed by atoms with Gasteiger partial charge in [0.2, 0.25) is 0 Å². The van der Waals surface area contributed by atoms with Crippen LogP contribution in [0.15, 0.2) is 24.3 Å². The SMILES string of the molecule is Cc1cc(C2OCC3C(c4cc(C)c(O)c(C)c4)OCC23)cc(C)c1O. The first-order valence-corrected chi connectivity index (χ1v) is 9.20. The van der Waals surface area contributed by atoms with E-state index >= 15 is 0 Å². The van der Waals surface area contributed by atoms with Crippen molar-refractivity contribution in [2.24, 2.45) is 11.8 Å². The summed E-state index contributed by atoms with van der Waals surface area (Å²) < 4.78 is 12.4. The van der Waals surface area contributed by atoms with Crippen LogP contribution in [0.5, 0.6) is 11.5 Å². The van der Waals surface area contributed by atoms with E-state index in [0.29, 0.717) is 36.5 Å². The molecule has 2 fully saturated rings. The van der Waals surface area contributed by atoms with E-state index in [2.05, 4.69) is 0 Å². The number of aromatic hydroxyl groups is 2. The summed E-state index contributed by atoms with van der Waals surface area (Å²) in [6.07, 6.45) is 0.00428. The molecule has 2 aromatic carbocycles. The van der Waals surface area contributed by atoms with Crippen molar-refractivity contribution in [2.75, 3.05) is 13.2 Å². The molecule has 4 rings (SSSR count). The van der Waals surface area contributed by atoms with Crippen LogP contribution in [-0.4, -0.2) is 23.4 Å². The van der Waals surface area contributed by atoms with E-state index in [1.54, 1.807) is 0 Å². The van der Waals surface area contributed by atoms with Gasteiger partial charge in [-0.3, -0.25) is 0 Å². The lowest BCUT2D eigenvalue weighted by atomic mass is 9.83. The lowest BCUT2D eigenvalue weighted by molar-refractivity contribution is 0.0192. The Bertz CT molecular complexity index is 740. The van der Waals surface area contributed by atoms with Crippen LogP contribution in [0.1, 0.15) is 45.6 Å². The molecule has 0 saturated carbocycles. The molecule has 0 aromatic heterocycles. The molecule has 2 heterocycles. The van der Waals surface area contributed by atoms with Crippen LogP contribution in [0.25, 0.3) is 0 Å². The highest BCUT2D eigenvalue weighted by molar-refractivity contribution is 5.44. The monoisotopic (exact) mass is 354 g/mol. The minimum Gasteiger partial charge on any atom is -0.507 e. The zero-order valence-corrected chi connectivity index (χ0v) is 15.7. The second-order valence-electron chi connectivity index (χ2n) is 7.84. The molecule has 2 saturated heterocycles. The first-order valence-electron chi connectivity index (χ1n) is 9.20. The predicted molar refractivity (Wildman–Crippen MR) is 99.5 cm³/mol. The van der Waals surface area contributed by atoms with Crippen molar-refractivity contribution in [1.82, 2.24) is 0 Å². The highest BCUT2D eigenvalue weighted by Gasteiger charge is 2.48. The molecular formula is C22H26O4. The van der Waals surface area contributed by atoms with Gasteiger partial charge in [0, 0.05) is 11.8 Å². The topological polar surface area (TPSA) is 58.9 Å². The first kappa shape index (κ1) is 17.4. The van der Waals surface area contributed by atoms with Crippen LogP contribution < -0.4 is 0 Å². The summed E-state index contributed by atoms with van der Waals surface area (Å²) >= 11 is 0. The minimum absolute atomic E-state index is 0.00214. The normalized spacial score (nSPS) is 27.7. The fourth-order valence-electron chi connectivity index (χ4n) is 4.54. The standard InChI is InChI=1S/C22H26O4/c1-11-5-15(6-12(2)19(11)23)21-17-9-26-22(18(17)10-25-21)16-7-13(3)20(24)14(4)8-16/h5-8,17-18,21-24H,9-10H2,1-4H3. The maximum atomic E-state index is 10.0. The van der Waals surface area contributed by atoms with Gasteiger partial charge in [0.25, 0.3) is 0 Å². The fourth-order valence-corrected chi connectivity index (χ4v) is 4.54. The Kier molecular flexibility index (Phi) is 4.20. The first-order chi connectivity index (χ1) is 12.4. The smallest absolute Gasteiger partial charge is 0.121 e. The Morgan fingerprint density at radius 1 is 0.654 bits per heavy atom. The van der Waals surface area contributed by atoms with Crippen LogP contribution in [-0.2, 0) is 9.47 Å². The zero-order valence-electron chi connectivity index (χ0n) is 15.7. The van der Waals surface area contributed by atoms with E-state index in [1.165, 1.54) is 0 Å². The molecule has 4 heteroatoms. The van der Waals surface area contributed by atoms with E-state index in [-0.39, 0.29) is 12.2 Å². The maximum Gasteiger partial charge on any atom is 0.121 e. The quantitative estimate of drug-likeness (QED) is 0.839. The van der Waals surface area contributed by atoms with Crippen LogP contribution in [0.4, 0.5) is 0 Å². The van der Waals surface area contributed by atoms with Crippen molar-refractivity contribution in [3.8, 4) is 11.5 Å². The molecule has 0 radical (unpaired) electrons. The van der Waals surface area contributed by atoms with Crippen LogP contribution in [0.3, 0.4) is 0 Å². The summed E-state index contributed by atoms with van der Waals surface area (Å²) in [6, 6.07) is 8.10. The van der Waals surface area contributed by atoms with Gasteiger partial charge in [-0.2, -0.15) is 0 Å². The van der Waals surface area contributed by atoms with Gasteiger partial charge in [-0.15, -0.1) is 0 Å². The summed E-state index contributed by atoms with van der Waals surface area (Å²) in [6.45, 7) is 9.03. The average molecular weight is 354 g/mol. The molecule has 0 bridgehead atoms. The number of ether oxygens (including phenoxy) is 2. The molecule has 0 aliphatic carbocycles. The lowest BCUT2D eigenvalue weighted by Gasteiger charge is -2.19. The van der Waals surface area contributed by atoms with E-state index < -0.39 is 0 Å². The Hall–Kier alpha value is -2.04. The molecule has 2 N–H and O–H groups in total. The summed E-state index contributed by atoms with van der Waals surface area (Å²) in [7, 11) is 0. The highest BCUT2D eigenvalue weighted by Crippen LogP contribution is 2.51. The number of phenols is 2. The number of phenolic OH excluding ortho intramolecular Hbond substituents is 2. The summed E-state index contributed by atoms with van der Waals surface area (Å²) in [5.41, 5.74) is 5.76. The van der Waals surface area contributed by atoms with Crippen LogP contribution in [0.2, 0.25) is 0 Å². The molecule has 0 amide bonds. The second kappa shape index (κ2) is 6.29. The van der Waals surface area contributed by atoms with Crippen molar-refractivity contribution in [3.05, 3.63) is 57.6 Å². The molecule has 2 aliphatic rings. The molecule has 138 valence electrons. The third-order valence-electron chi connectivity index (χ3n) is 5.95. The number of benzene rings is 2. The average Bonchev–Trinajstić information content (AvgIpc) is 3.18. The zero-order chi connectivity index (χ0) is 18.6. The molecule has 0 spiro atoms. The predicted octanol–water partition coefficient (Wildman–Crippen LogP) is 4.41. The molecule has 4 unspecified atom stereocenters. The number of hydrogen-bond donors (Lipinski definition) is 2. The van der Waals surface area contributed by atoms with E-state index in [4.69, 9.17) is 9.47 Å². The number of fused-ring (bicyclic) bond motifs is 1. The Morgan fingerprint density at radius 3 is 1.27 bits per heavy atom. The van der Waals surface area contributed by atoms with Crippen molar-refractivity contribution in [1.29, 1.82) is 0 Å². The van der Waals surface area contributed by atoms with Crippen molar-refractivity contribution >= 4 is 0 Å². The van der Waals surface area contributed by atoms with E-state index in [1.807, 2.05) is 52.0 Å². The van der Waals surface area contributed by atoms with Gasteiger partial charge in [-0.1, -0.05) is 0 Å². The van der Waals surface area contributed by atoms with Gasteiger partial charge < -0.3 is 19.7 Å². The Balaban J connectivity index is 1.62. The number of hydrogen-bond acceptors (Lipinski definition) is 4. The molecule has 26 heavy (non-hydrogen) atoms. The molecule has 4 atom stereocenters. The van der Waals surface area contributed by atoms with Gasteiger partial charge >= 0.3 is 0 Å². The van der Waals surface area contributed by atoms with Gasteiger partial charge in [-0.05, 0) is 85.3 Å². The van der Waals surface area contributed by atoms with Gasteiger partial charge in [0.05, 0.1) is 25.4 Å². The van der Waals surface area contributed by atoms with Gasteiger partial charge in [0.15, 0.2) is 0 Å². The molecule has 2 aromatic rings. The highest BCUT2D eigenvalue weighted by atomic mass is 16.5. The summed E-state index contributed by atoms with van der Waals surface area (Å²) in [5, 5.41) is 20.1. The van der Waals surface area contributed by atoms with E-state index in [9.17, 15) is 10.2 Å². The molecule has 4 nitrogen and oxygen atoms in total. The largest absolute Gasteiger partial charge is 0.507 e. The summed E-state index contributed by atoms with van der Waals surface area (Å²) in [4.78, 5) is 0. The fraction of sp³-hybridized carbons (Fsp3) is 0.455. The van der Waals surface area contributed by atoms with Gasteiger partial charge in [0.1, 0.15) is 11.5 Å². The van der Waals surface area contributed by atoms with Crippen molar-refractivity contribution in [3.63, 3.8) is 0 Å². The molecular weight excluding hydrogens is 328 g/mol. The third-order valence-corrected chi connectivity index (χ3v) is 5.95. The van der Waals surface area contributed by atoms with Crippen LogP contribution in [0, 0.1) is 39.5 Å². The Morgan fingerprint density at radius 2 is 0.962 bits per heavy atom. The van der Waals surface area contributed by atoms with Crippen molar-refractivity contribution in [2.45, 2.75) is 39.9 Å². The van der Waals surface area contributed by atoms with E-state index in [0.717, 1.165) is 33.4 Å².